The lowest BCUT2D eigenvalue weighted by Gasteiger charge is -2.06. The van der Waals surface area contributed by atoms with Crippen LogP contribution in [0.25, 0.3) is 5.95 Å². The fourth-order valence-corrected chi connectivity index (χ4v) is 1.91. The molecule has 0 aromatic carbocycles. The van der Waals surface area contributed by atoms with Crippen molar-refractivity contribution in [3.8, 4) is 5.95 Å². The monoisotopic (exact) mass is 266 g/mol. The Bertz CT molecular complexity index is 497. The number of nitrogens with zero attached hydrogens (tertiary/aromatic N) is 6. The van der Waals surface area contributed by atoms with E-state index >= 15 is 0 Å². The van der Waals surface area contributed by atoms with Gasteiger partial charge in [-0.05, 0) is 5.92 Å². The fraction of sp³-hybridized carbons (Fsp3) is 0.444. The third-order valence-corrected chi connectivity index (χ3v) is 3.18. The molecule has 2 aromatic rings. The van der Waals surface area contributed by atoms with E-state index in [0.717, 1.165) is 5.75 Å². The molecular weight excluding hydrogens is 252 g/mol. The van der Waals surface area contributed by atoms with Crippen molar-refractivity contribution in [3.63, 3.8) is 0 Å². The Labute approximate surface area is 108 Å². The van der Waals surface area contributed by atoms with E-state index < -0.39 is 0 Å². The molecule has 0 radical (unpaired) electrons. The van der Waals surface area contributed by atoms with Crippen LogP contribution in [0.2, 0.25) is 0 Å². The number of thioether (sulfide) groups is 1. The van der Waals surface area contributed by atoms with Gasteiger partial charge < -0.3 is 0 Å². The van der Waals surface area contributed by atoms with E-state index in [0.29, 0.717) is 23.0 Å². The Morgan fingerprint density at radius 3 is 2.83 bits per heavy atom. The summed E-state index contributed by atoms with van der Waals surface area (Å²) in [7, 11) is 0. The highest BCUT2D eigenvalue weighted by Gasteiger charge is 2.09. The highest BCUT2D eigenvalue weighted by atomic mass is 32.2. The quantitative estimate of drug-likeness (QED) is 0.457. The zero-order chi connectivity index (χ0) is 13.0. The summed E-state index contributed by atoms with van der Waals surface area (Å²) in [5.41, 5.74) is 2.42. The Hall–Kier alpha value is -1.74. The second-order valence-corrected chi connectivity index (χ2v) is 4.92. The lowest BCUT2D eigenvalue weighted by atomic mass is 10.3. The number of hydrazine groups is 1. The number of nitrogen functional groups attached to an aromatic ring is 1. The van der Waals surface area contributed by atoms with Crippen LogP contribution in [0.5, 0.6) is 0 Å². The van der Waals surface area contributed by atoms with Gasteiger partial charge in [0.15, 0.2) is 5.16 Å². The van der Waals surface area contributed by atoms with Crippen molar-refractivity contribution in [2.75, 3.05) is 11.2 Å². The minimum atomic E-state index is 0.307. The molecule has 0 atom stereocenters. The van der Waals surface area contributed by atoms with Crippen LogP contribution in [0.4, 0.5) is 5.95 Å². The maximum Gasteiger partial charge on any atom is 0.257 e. The number of anilines is 1. The van der Waals surface area contributed by atoms with E-state index in [4.69, 9.17) is 5.84 Å². The first-order valence-corrected chi connectivity index (χ1v) is 6.38. The van der Waals surface area contributed by atoms with Crippen molar-refractivity contribution < 1.29 is 0 Å². The van der Waals surface area contributed by atoms with Crippen LogP contribution in [-0.2, 0) is 0 Å². The molecule has 0 unspecified atom stereocenters. The second kappa shape index (κ2) is 5.74. The predicted octanol–water partition coefficient (Wildman–Crippen LogP) is 0.486. The minimum absolute atomic E-state index is 0.307. The van der Waals surface area contributed by atoms with Crippen molar-refractivity contribution in [1.29, 1.82) is 0 Å². The average Bonchev–Trinajstić information content (AvgIpc) is 2.89. The summed E-state index contributed by atoms with van der Waals surface area (Å²) < 4.78 is 1.46. The van der Waals surface area contributed by atoms with Crippen LogP contribution in [0.3, 0.4) is 0 Å². The van der Waals surface area contributed by atoms with E-state index in [9.17, 15) is 0 Å². The molecule has 18 heavy (non-hydrogen) atoms. The van der Waals surface area contributed by atoms with Gasteiger partial charge in [-0.1, -0.05) is 25.6 Å². The summed E-state index contributed by atoms with van der Waals surface area (Å²) in [5.74, 6) is 7.51. The first kappa shape index (κ1) is 12.7. The largest absolute Gasteiger partial charge is 0.292 e. The van der Waals surface area contributed by atoms with Crippen LogP contribution in [0.15, 0.2) is 17.8 Å². The van der Waals surface area contributed by atoms with Gasteiger partial charge in [-0.25, -0.2) is 10.8 Å². The van der Waals surface area contributed by atoms with Crippen LogP contribution in [-0.4, -0.2) is 35.5 Å². The molecule has 2 rings (SSSR count). The smallest absolute Gasteiger partial charge is 0.257 e. The summed E-state index contributed by atoms with van der Waals surface area (Å²) in [5, 5.41) is 4.58. The molecule has 0 saturated carbocycles. The van der Waals surface area contributed by atoms with Gasteiger partial charge in [0.25, 0.3) is 5.95 Å². The second-order valence-electron chi connectivity index (χ2n) is 3.93. The number of aromatic nitrogens is 6. The normalized spacial score (nSPS) is 10.9. The molecule has 2 heterocycles. The molecule has 96 valence electrons. The SMILES string of the molecule is CC(C)CSc1nc(NN)nc(-n2cncn2)n1. The van der Waals surface area contributed by atoms with Gasteiger partial charge >= 0.3 is 0 Å². The molecule has 0 aliphatic carbocycles. The first-order chi connectivity index (χ1) is 8.69. The molecule has 0 aliphatic heterocycles. The van der Waals surface area contributed by atoms with Crippen LogP contribution in [0.1, 0.15) is 13.8 Å². The molecule has 3 N–H and O–H groups in total. The zero-order valence-electron chi connectivity index (χ0n) is 10.1. The third-order valence-electron chi connectivity index (χ3n) is 1.90. The molecule has 0 fully saturated rings. The molecule has 2 aromatic heterocycles. The minimum Gasteiger partial charge on any atom is -0.292 e. The van der Waals surface area contributed by atoms with Gasteiger partial charge in [-0.15, -0.1) is 0 Å². The van der Waals surface area contributed by atoms with Gasteiger partial charge in [0.05, 0.1) is 0 Å². The highest BCUT2D eigenvalue weighted by Crippen LogP contribution is 2.18. The Morgan fingerprint density at radius 2 is 2.22 bits per heavy atom. The summed E-state index contributed by atoms with van der Waals surface area (Å²) in [6.07, 6.45) is 2.94. The molecule has 0 saturated heterocycles. The summed E-state index contributed by atoms with van der Waals surface area (Å²) >= 11 is 1.55. The molecule has 0 amide bonds. The predicted molar refractivity (Wildman–Crippen MR) is 68.1 cm³/mol. The van der Waals surface area contributed by atoms with Crippen molar-refractivity contribution >= 4 is 17.7 Å². The van der Waals surface area contributed by atoms with E-state index in [2.05, 4.69) is 44.3 Å². The topological polar surface area (TPSA) is 107 Å². The Balaban J connectivity index is 2.27. The van der Waals surface area contributed by atoms with Crippen molar-refractivity contribution in [2.24, 2.45) is 11.8 Å². The number of hydrogen-bond donors (Lipinski definition) is 2. The van der Waals surface area contributed by atoms with Crippen molar-refractivity contribution in [2.45, 2.75) is 19.0 Å². The van der Waals surface area contributed by atoms with Crippen LogP contribution in [0, 0.1) is 5.92 Å². The molecule has 8 nitrogen and oxygen atoms in total. The van der Waals surface area contributed by atoms with Crippen molar-refractivity contribution in [3.05, 3.63) is 12.7 Å². The number of hydrogen-bond acceptors (Lipinski definition) is 8. The highest BCUT2D eigenvalue weighted by molar-refractivity contribution is 7.99. The molecule has 0 aliphatic rings. The Morgan fingerprint density at radius 1 is 1.39 bits per heavy atom. The molecule has 9 heteroatoms. The van der Waals surface area contributed by atoms with Gasteiger partial charge in [-0.3, -0.25) is 5.43 Å². The van der Waals surface area contributed by atoms with E-state index in [1.807, 2.05) is 0 Å². The standard InChI is InChI=1S/C9H14N8S/c1-6(2)3-18-9-14-7(16-10)13-8(15-9)17-5-11-4-12-17/h4-6H,3,10H2,1-2H3,(H,13,14,15,16). The number of rotatable bonds is 5. The number of nitrogens with two attached hydrogens (primary N) is 1. The average molecular weight is 266 g/mol. The molecular formula is C9H14N8S. The van der Waals surface area contributed by atoms with Crippen molar-refractivity contribution in [1.82, 2.24) is 29.7 Å². The first-order valence-electron chi connectivity index (χ1n) is 5.39. The van der Waals surface area contributed by atoms with Gasteiger partial charge in [0, 0.05) is 5.75 Å². The van der Waals surface area contributed by atoms with Gasteiger partial charge in [0.1, 0.15) is 12.7 Å². The molecule has 0 bridgehead atoms. The van der Waals surface area contributed by atoms with Crippen LogP contribution < -0.4 is 11.3 Å². The van der Waals surface area contributed by atoms with E-state index in [1.165, 1.54) is 17.3 Å². The summed E-state index contributed by atoms with van der Waals surface area (Å²) in [6, 6.07) is 0. The Kier molecular flexibility index (Phi) is 4.05. The van der Waals surface area contributed by atoms with E-state index in [-0.39, 0.29) is 0 Å². The zero-order valence-corrected chi connectivity index (χ0v) is 10.9. The summed E-state index contributed by atoms with van der Waals surface area (Å²) in [4.78, 5) is 16.4. The fourth-order valence-electron chi connectivity index (χ4n) is 1.13. The van der Waals surface area contributed by atoms with Gasteiger partial charge in [0.2, 0.25) is 5.95 Å². The lowest BCUT2D eigenvalue weighted by molar-refractivity contribution is 0.738. The lowest BCUT2D eigenvalue weighted by Crippen LogP contribution is -2.14. The van der Waals surface area contributed by atoms with Gasteiger partial charge in [-0.2, -0.15) is 24.7 Å². The maximum atomic E-state index is 5.34. The van der Waals surface area contributed by atoms with E-state index in [1.54, 1.807) is 11.8 Å². The molecule has 0 spiro atoms. The maximum absolute atomic E-state index is 5.34. The third kappa shape index (κ3) is 3.14. The number of nitrogens with one attached hydrogen (secondary N) is 1. The summed E-state index contributed by atoms with van der Waals surface area (Å²) in [6.45, 7) is 4.27. The van der Waals surface area contributed by atoms with Crippen LogP contribution >= 0.6 is 11.8 Å².